The standard InChI is InChI=1S/C21H20N4O4S/c1-12(14-6-7-17-18(11-14)29-9-8-28-17)22-19(26)15-4-3-5-16(10-15)23-20(27)21-25-24-13(2)30-21/h3-7,10-12H,8-9H2,1-2H3,(H,22,26)(H,23,27)/t12-/m1/s1. The Balaban J connectivity index is 1.43. The summed E-state index contributed by atoms with van der Waals surface area (Å²) in [7, 11) is 0. The monoisotopic (exact) mass is 424 g/mol. The highest BCUT2D eigenvalue weighted by Crippen LogP contribution is 2.32. The molecule has 0 unspecified atom stereocenters. The van der Waals surface area contributed by atoms with E-state index in [4.69, 9.17) is 9.47 Å². The number of hydrogen-bond donors (Lipinski definition) is 2. The van der Waals surface area contributed by atoms with E-state index in [0.717, 1.165) is 5.56 Å². The highest BCUT2D eigenvalue weighted by molar-refractivity contribution is 7.13. The van der Waals surface area contributed by atoms with Gasteiger partial charge < -0.3 is 20.1 Å². The molecule has 0 fully saturated rings. The highest BCUT2D eigenvalue weighted by Gasteiger charge is 2.17. The Hall–Kier alpha value is -3.46. The van der Waals surface area contributed by atoms with Crippen LogP contribution in [-0.2, 0) is 0 Å². The number of carbonyl (C=O) groups is 2. The fraction of sp³-hybridized carbons (Fsp3) is 0.238. The minimum absolute atomic E-state index is 0.240. The first kappa shape index (κ1) is 19.8. The number of aromatic nitrogens is 2. The van der Waals surface area contributed by atoms with Crippen molar-refractivity contribution in [3.63, 3.8) is 0 Å². The molecule has 1 atom stereocenters. The lowest BCUT2D eigenvalue weighted by atomic mass is 10.1. The Morgan fingerprint density at radius 2 is 1.83 bits per heavy atom. The maximum Gasteiger partial charge on any atom is 0.286 e. The van der Waals surface area contributed by atoms with Crippen LogP contribution in [0.4, 0.5) is 5.69 Å². The van der Waals surface area contributed by atoms with Crippen LogP contribution in [0.15, 0.2) is 42.5 Å². The number of hydrogen-bond acceptors (Lipinski definition) is 7. The van der Waals surface area contributed by atoms with Crippen molar-refractivity contribution in [3.05, 3.63) is 63.6 Å². The van der Waals surface area contributed by atoms with E-state index in [-0.39, 0.29) is 22.9 Å². The van der Waals surface area contributed by atoms with Crippen molar-refractivity contribution in [3.8, 4) is 11.5 Å². The quantitative estimate of drug-likeness (QED) is 0.651. The number of ether oxygens (including phenoxy) is 2. The lowest BCUT2D eigenvalue weighted by Crippen LogP contribution is -2.27. The molecule has 0 radical (unpaired) electrons. The number of nitrogens with one attached hydrogen (secondary N) is 2. The van der Waals surface area contributed by atoms with Gasteiger partial charge in [0.25, 0.3) is 11.8 Å². The molecule has 2 N–H and O–H groups in total. The van der Waals surface area contributed by atoms with E-state index in [2.05, 4.69) is 20.8 Å². The predicted molar refractivity (Wildman–Crippen MR) is 112 cm³/mol. The number of carbonyl (C=O) groups excluding carboxylic acids is 2. The van der Waals surface area contributed by atoms with Crippen LogP contribution in [0.2, 0.25) is 0 Å². The van der Waals surface area contributed by atoms with Crippen LogP contribution in [0.1, 0.15) is 43.7 Å². The number of aryl methyl sites for hydroxylation is 1. The number of rotatable bonds is 5. The van der Waals surface area contributed by atoms with E-state index < -0.39 is 0 Å². The number of anilines is 1. The lowest BCUT2D eigenvalue weighted by molar-refractivity contribution is 0.0938. The summed E-state index contributed by atoms with van der Waals surface area (Å²) < 4.78 is 11.1. The largest absolute Gasteiger partial charge is 0.486 e. The van der Waals surface area contributed by atoms with Crippen LogP contribution in [-0.4, -0.2) is 35.2 Å². The van der Waals surface area contributed by atoms with Gasteiger partial charge in [-0.2, -0.15) is 0 Å². The van der Waals surface area contributed by atoms with E-state index in [1.165, 1.54) is 11.3 Å². The van der Waals surface area contributed by atoms with E-state index in [9.17, 15) is 9.59 Å². The van der Waals surface area contributed by atoms with Crippen molar-refractivity contribution in [2.24, 2.45) is 0 Å². The van der Waals surface area contributed by atoms with Crippen LogP contribution in [0.5, 0.6) is 11.5 Å². The van der Waals surface area contributed by atoms with Gasteiger partial charge >= 0.3 is 0 Å². The Labute approximate surface area is 177 Å². The molecule has 1 aromatic heterocycles. The van der Waals surface area contributed by atoms with Gasteiger partial charge in [0, 0.05) is 11.3 Å². The summed E-state index contributed by atoms with van der Waals surface area (Å²) in [5.74, 6) is 0.775. The van der Waals surface area contributed by atoms with Gasteiger partial charge in [-0.3, -0.25) is 9.59 Å². The second-order valence-corrected chi connectivity index (χ2v) is 7.94. The van der Waals surface area contributed by atoms with Crippen molar-refractivity contribution in [1.29, 1.82) is 0 Å². The van der Waals surface area contributed by atoms with Crippen LogP contribution in [0, 0.1) is 6.92 Å². The van der Waals surface area contributed by atoms with Gasteiger partial charge in [-0.05, 0) is 49.7 Å². The molecule has 2 amide bonds. The summed E-state index contributed by atoms with van der Waals surface area (Å²) in [4.78, 5) is 25.0. The van der Waals surface area contributed by atoms with E-state index in [0.29, 0.717) is 41.0 Å². The normalized spacial score (nSPS) is 13.4. The van der Waals surface area contributed by atoms with E-state index in [1.807, 2.05) is 25.1 Å². The lowest BCUT2D eigenvalue weighted by Gasteiger charge is -2.21. The fourth-order valence-corrected chi connectivity index (χ4v) is 3.59. The van der Waals surface area contributed by atoms with Crippen molar-refractivity contribution in [2.45, 2.75) is 19.9 Å². The Kier molecular flexibility index (Phi) is 5.62. The first-order valence-corrected chi connectivity index (χ1v) is 10.2. The van der Waals surface area contributed by atoms with Gasteiger partial charge in [0.1, 0.15) is 18.2 Å². The Bertz CT molecular complexity index is 1100. The zero-order valence-corrected chi connectivity index (χ0v) is 17.3. The maximum absolute atomic E-state index is 12.7. The number of amides is 2. The van der Waals surface area contributed by atoms with Gasteiger partial charge in [-0.25, -0.2) is 0 Å². The first-order chi connectivity index (χ1) is 14.5. The SMILES string of the molecule is Cc1nnc(C(=O)Nc2cccc(C(=O)N[C@H](C)c3ccc4c(c3)OCCO4)c2)s1. The molecule has 0 aliphatic carbocycles. The highest BCUT2D eigenvalue weighted by atomic mass is 32.1. The molecule has 2 heterocycles. The minimum Gasteiger partial charge on any atom is -0.486 e. The molecule has 0 spiro atoms. The van der Waals surface area contributed by atoms with Gasteiger partial charge in [0.15, 0.2) is 11.5 Å². The van der Waals surface area contributed by atoms with Crippen molar-refractivity contribution < 1.29 is 19.1 Å². The summed E-state index contributed by atoms with van der Waals surface area (Å²) in [6, 6.07) is 12.1. The fourth-order valence-electron chi connectivity index (χ4n) is 3.00. The van der Waals surface area contributed by atoms with Crippen LogP contribution >= 0.6 is 11.3 Å². The van der Waals surface area contributed by atoms with Crippen molar-refractivity contribution in [1.82, 2.24) is 15.5 Å². The first-order valence-electron chi connectivity index (χ1n) is 9.41. The number of nitrogens with zero attached hydrogens (tertiary/aromatic N) is 2. The third-order valence-corrected chi connectivity index (χ3v) is 5.35. The Morgan fingerprint density at radius 3 is 2.60 bits per heavy atom. The van der Waals surface area contributed by atoms with E-state index in [1.54, 1.807) is 31.2 Å². The topological polar surface area (TPSA) is 102 Å². The Morgan fingerprint density at radius 1 is 1.03 bits per heavy atom. The van der Waals surface area contributed by atoms with Gasteiger partial charge in [0.2, 0.25) is 5.01 Å². The molecule has 0 saturated carbocycles. The molecule has 1 aliphatic heterocycles. The van der Waals surface area contributed by atoms with Crippen LogP contribution in [0.3, 0.4) is 0 Å². The molecule has 1 aliphatic rings. The third kappa shape index (κ3) is 4.41. The third-order valence-electron chi connectivity index (χ3n) is 4.52. The van der Waals surface area contributed by atoms with Gasteiger partial charge in [0.05, 0.1) is 6.04 Å². The number of benzene rings is 2. The predicted octanol–water partition coefficient (Wildman–Crippen LogP) is 3.36. The van der Waals surface area contributed by atoms with Crippen molar-refractivity contribution >= 4 is 28.8 Å². The molecule has 2 aromatic carbocycles. The van der Waals surface area contributed by atoms with Crippen LogP contribution < -0.4 is 20.1 Å². The zero-order chi connectivity index (χ0) is 21.1. The summed E-state index contributed by atoms with van der Waals surface area (Å²) in [6.07, 6.45) is 0. The molecular weight excluding hydrogens is 404 g/mol. The summed E-state index contributed by atoms with van der Waals surface area (Å²) >= 11 is 1.21. The maximum atomic E-state index is 12.7. The molecular formula is C21H20N4O4S. The smallest absolute Gasteiger partial charge is 0.286 e. The average Bonchev–Trinajstić information content (AvgIpc) is 3.20. The van der Waals surface area contributed by atoms with Crippen molar-refractivity contribution in [2.75, 3.05) is 18.5 Å². The summed E-state index contributed by atoms with van der Waals surface area (Å²) in [5.41, 5.74) is 1.85. The summed E-state index contributed by atoms with van der Waals surface area (Å²) in [5, 5.41) is 14.4. The molecule has 0 bridgehead atoms. The second-order valence-electron chi connectivity index (χ2n) is 6.76. The van der Waals surface area contributed by atoms with Gasteiger partial charge in [-0.15, -0.1) is 10.2 Å². The zero-order valence-electron chi connectivity index (χ0n) is 16.5. The molecule has 154 valence electrons. The molecule has 3 aromatic rings. The molecule has 4 rings (SSSR count). The minimum atomic E-state index is -0.359. The average molecular weight is 424 g/mol. The van der Waals surface area contributed by atoms with Crippen LogP contribution in [0.25, 0.3) is 0 Å². The van der Waals surface area contributed by atoms with Gasteiger partial charge in [-0.1, -0.05) is 23.5 Å². The number of fused-ring (bicyclic) bond motifs is 1. The summed E-state index contributed by atoms with van der Waals surface area (Å²) in [6.45, 7) is 4.71. The van der Waals surface area contributed by atoms with E-state index >= 15 is 0 Å². The molecule has 0 saturated heterocycles. The molecule has 30 heavy (non-hydrogen) atoms. The second kappa shape index (κ2) is 8.50. The molecule has 9 heteroatoms. The molecule has 8 nitrogen and oxygen atoms in total.